The van der Waals surface area contributed by atoms with E-state index in [2.05, 4.69) is 32.6 Å². The maximum Gasteiger partial charge on any atom is 0.290 e. The monoisotopic (exact) mass is 480 g/mol. The van der Waals surface area contributed by atoms with Crippen LogP contribution >= 0.6 is 0 Å². The van der Waals surface area contributed by atoms with Crippen molar-refractivity contribution in [1.29, 1.82) is 0 Å². The molecule has 0 N–H and O–H groups in total. The first-order valence-electron chi connectivity index (χ1n) is 12.4. The highest BCUT2D eigenvalue weighted by molar-refractivity contribution is 5.99. The number of hydrogen-bond acceptors (Lipinski definition) is 5. The summed E-state index contributed by atoms with van der Waals surface area (Å²) in [5, 5.41) is 0.136. The summed E-state index contributed by atoms with van der Waals surface area (Å²) in [6.07, 6.45) is 0.923. The Morgan fingerprint density at radius 2 is 1.89 bits per heavy atom. The molecular weight excluding hydrogens is 447 g/mol. The van der Waals surface area contributed by atoms with E-state index in [0.717, 1.165) is 25.1 Å². The van der Waals surface area contributed by atoms with E-state index in [1.807, 2.05) is 24.3 Å². The van der Waals surface area contributed by atoms with Crippen molar-refractivity contribution < 1.29 is 18.3 Å². The minimum Gasteiger partial charge on any atom is -0.494 e. The molecule has 1 atom stereocenters. The molecule has 1 aliphatic heterocycles. The Hall–Kier alpha value is -3.19. The minimum atomic E-state index is -0.634. The summed E-state index contributed by atoms with van der Waals surface area (Å²) in [5.41, 5.74) is 0.850. The van der Waals surface area contributed by atoms with Crippen LogP contribution in [0.1, 0.15) is 61.8 Å². The molecule has 1 aromatic heterocycles. The zero-order chi connectivity index (χ0) is 25.1. The molecule has 0 spiro atoms. The zero-order valence-corrected chi connectivity index (χ0v) is 20.8. The average molecular weight is 481 g/mol. The number of hydrogen-bond donors (Lipinski definition) is 0. The summed E-state index contributed by atoms with van der Waals surface area (Å²) >= 11 is 0. The van der Waals surface area contributed by atoms with Crippen molar-refractivity contribution in [2.75, 3.05) is 32.8 Å². The van der Waals surface area contributed by atoms with Gasteiger partial charge in [-0.25, -0.2) is 4.39 Å². The number of amides is 1. The van der Waals surface area contributed by atoms with Gasteiger partial charge in [0.2, 0.25) is 5.76 Å². The lowest BCUT2D eigenvalue weighted by Crippen LogP contribution is -2.37. The molecule has 2 aromatic carbocycles. The molecule has 3 aromatic rings. The summed E-state index contributed by atoms with van der Waals surface area (Å²) < 4.78 is 25.8. The van der Waals surface area contributed by atoms with E-state index in [9.17, 15) is 14.0 Å². The third-order valence-electron chi connectivity index (χ3n) is 6.62. The van der Waals surface area contributed by atoms with Gasteiger partial charge in [0.05, 0.1) is 23.6 Å². The molecule has 0 radical (unpaired) electrons. The molecule has 1 unspecified atom stereocenters. The maximum atomic E-state index is 14.0. The van der Waals surface area contributed by atoms with Crippen molar-refractivity contribution in [1.82, 2.24) is 9.80 Å². The predicted molar refractivity (Wildman–Crippen MR) is 135 cm³/mol. The van der Waals surface area contributed by atoms with Crippen LogP contribution in [0.15, 0.2) is 51.7 Å². The summed E-state index contributed by atoms with van der Waals surface area (Å²) in [6.45, 7) is 11.8. The lowest BCUT2D eigenvalue weighted by molar-refractivity contribution is 0.0708. The Morgan fingerprint density at radius 1 is 1.11 bits per heavy atom. The van der Waals surface area contributed by atoms with Crippen molar-refractivity contribution in [2.24, 2.45) is 5.92 Å². The number of carbonyl (C=O) groups excluding carboxylic acids is 1. The molecule has 4 rings (SSSR count). The van der Waals surface area contributed by atoms with Crippen LogP contribution in [-0.4, -0.2) is 48.5 Å². The fourth-order valence-electron chi connectivity index (χ4n) is 4.55. The zero-order valence-electron chi connectivity index (χ0n) is 20.8. The van der Waals surface area contributed by atoms with E-state index in [-0.39, 0.29) is 33.6 Å². The van der Waals surface area contributed by atoms with Gasteiger partial charge in [-0.2, -0.15) is 0 Å². The van der Waals surface area contributed by atoms with Crippen molar-refractivity contribution in [3.63, 3.8) is 0 Å². The van der Waals surface area contributed by atoms with E-state index < -0.39 is 11.9 Å². The molecule has 0 fully saturated rings. The smallest absolute Gasteiger partial charge is 0.290 e. The summed E-state index contributed by atoms with van der Waals surface area (Å²) in [5.74, 6) is 0.385. The molecule has 7 heteroatoms. The SMILES string of the molecule is CCN(CC)CCN1C(=O)c2oc3ccc(F)cc3c(=O)c2C1c1cccc(OCCC(C)C)c1. The lowest BCUT2D eigenvalue weighted by atomic mass is 9.98. The normalized spacial score (nSPS) is 15.5. The van der Waals surface area contributed by atoms with Gasteiger partial charge >= 0.3 is 0 Å². The second kappa shape index (κ2) is 10.6. The van der Waals surface area contributed by atoms with E-state index in [4.69, 9.17) is 9.15 Å². The number of nitrogens with zero attached hydrogens (tertiary/aromatic N) is 2. The first kappa shape index (κ1) is 24.9. The molecule has 0 aliphatic carbocycles. The van der Waals surface area contributed by atoms with Gasteiger partial charge in [0.25, 0.3) is 5.91 Å². The number of likely N-dealkylation sites (N-methyl/N-ethyl adjacent to an activating group) is 1. The Morgan fingerprint density at radius 3 is 2.60 bits per heavy atom. The Balaban J connectivity index is 1.79. The van der Waals surface area contributed by atoms with E-state index in [0.29, 0.717) is 31.4 Å². The summed E-state index contributed by atoms with van der Waals surface area (Å²) in [6, 6.07) is 10.7. The molecule has 0 bridgehead atoms. The first-order valence-corrected chi connectivity index (χ1v) is 12.4. The first-order chi connectivity index (χ1) is 16.8. The van der Waals surface area contributed by atoms with Crippen molar-refractivity contribution >= 4 is 16.9 Å². The van der Waals surface area contributed by atoms with Crippen LogP contribution in [0.5, 0.6) is 5.75 Å². The highest BCUT2D eigenvalue weighted by Crippen LogP contribution is 2.39. The van der Waals surface area contributed by atoms with Crippen molar-refractivity contribution in [2.45, 2.75) is 40.2 Å². The number of fused-ring (bicyclic) bond motifs is 2. The van der Waals surface area contributed by atoms with Gasteiger partial charge in [0.15, 0.2) is 5.43 Å². The van der Waals surface area contributed by atoms with Crippen molar-refractivity contribution in [3.05, 3.63) is 75.4 Å². The molecule has 1 amide bonds. The van der Waals surface area contributed by atoms with E-state index in [1.165, 1.54) is 18.2 Å². The van der Waals surface area contributed by atoms with E-state index in [1.54, 1.807) is 4.90 Å². The average Bonchev–Trinajstić information content (AvgIpc) is 3.12. The Bertz CT molecular complexity index is 1270. The molecule has 0 saturated heterocycles. The van der Waals surface area contributed by atoms with Gasteiger partial charge in [-0.05, 0) is 61.3 Å². The van der Waals surface area contributed by atoms with Crippen LogP contribution in [0.4, 0.5) is 4.39 Å². The second-order valence-corrected chi connectivity index (χ2v) is 9.35. The topological polar surface area (TPSA) is 63.0 Å². The second-order valence-electron chi connectivity index (χ2n) is 9.35. The fraction of sp³-hybridized carbons (Fsp3) is 0.429. The highest BCUT2D eigenvalue weighted by atomic mass is 19.1. The van der Waals surface area contributed by atoms with Gasteiger partial charge < -0.3 is 19.0 Å². The number of rotatable bonds is 10. The molecule has 1 aliphatic rings. The standard InChI is InChI=1S/C28H33FN2O4/c1-5-30(6-2)13-14-31-25(19-8-7-9-21(16-19)34-15-12-18(3)4)24-26(32)22-17-20(29)10-11-23(22)35-27(24)28(31)33/h7-11,16-18,25H,5-6,12-15H2,1-4H3. The number of ether oxygens (including phenoxy) is 1. The molecule has 0 saturated carbocycles. The fourth-order valence-corrected chi connectivity index (χ4v) is 4.55. The highest BCUT2D eigenvalue weighted by Gasteiger charge is 2.42. The van der Waals surface area contributed by atoms with Gasteiger partial charge in [-0.3, -0.25) is 9.59 Å². The van der Waals surface area contributed by atoms with Crippen molar-refractivity contribution in [3.8, 4) is 5.75 Å². The van der Waals surface area contributed by atoms with Crippen LogP contribution in [0.3, 0.4) is 0 Å². The van der Waals surface area contributed by atoms with Crippen LogP contribution in [0.25, 0.3) is 11.0 Å². The quantitative estimate of drug-likeness (QED) is 0.397. The lowest BCUT2D eigenvalue weighted by Gasteiger charge is -2.28. The Labute approximate surface area is 205 Å². The van der Waals surface area contributed by atoms with Gasteiger partial charge in [-0.1, -0.05) is 39.8 Å². The molecule has 2 heterocycles. The number of benzene rings is 2. The number of carbonyl (C=O) groups is 1. The van der Waals surface area contributed by atoms with Gasteiger partial charge in [0, 0.05) is 13.1 Å². The molecule has 6 nitrogen and oxygen atoms in total. The molecule has 35 heavy (non-hydrogen) atoms. The van der Waals surface area contributed by atoms with Gasteiger partial charge in [-0.15, -0.1) is 0 Å². The third-order valence-corrected chi connectivity index (χ3v) is 6.62. The minimum absolute atomic E-state index is 0.0322. The van der Waals surface area contributed by atoms with Crippen LogP contribution in [-0.2, 0) is 0 Å². The van der Waals surface area contributed by atoms with E-state index >= 15 is 0 Å². The largest absolute Gasteiger partial charge is 0.494 e. The van der Waals surface area contributed by atoms with Crippen LogP contribution < -0.4 is 10.2 Å². The maximum absolute atomic E-state index is 14.0. The Kier molecular flexibility index (Phi) is 7.55. The number of halogens is 1. The molecular formula is C28H33FN2O4. The van der Waals surface area contributed by atoms with Crippen LogP contribution in [0, 0.1) is 11.7 Å². The summed E-state index contributed by atoms with van der Waals surface area (Å²) in [7, 11) is 0. The van der Waals surface area contributed by atoms with Gasteiger partial charge in [0.1, 0.15) is 17.1 Å². The molecule has 186 valence electrons. The van der Waals surface area contributed by atoms with Crippen LogP contribution in [0.2, 0.25) is 0 Å². The summed E-state index contributed by atoms with van der Waals surface area (Å²) in [4.78, 5) is 31.0. The predicted octanol–water partition coefficient (Wildman–Crippen LogP) is 5.24. The third kappa shape index (κ3) is 5.10.